The summed E-state index contributed by atoms with van der Waals surface area (Å²) < 4.78 is 0. The van der Waals surface area contributed by atoms with Gasteiger partial charge in [-0.1, -0.05) is 45.0 Å². The maximum atomic E-state index is 12.7. The summed E-state index contributed by atoms with van der Waals surface area (Å²) in [6.07, 6.45) is 4.74. The second kappa shape index (κ2) is 8.32. The van der Waals surface area contributed by atoms with Gasteiger partial charge in [0.25, 0.3) is 0 Å². The molecule has 4 heteroatoms. The lowest BCUT2D eigenvalue weighted by atomic mass is 9.81. The fourth-order valence-electron chi connectivity index (χ4n) is 3.42. The lowest BCUT2D eigenvalue weighted by molar-refractivity contribution is -0.128. The highest BCUT2D eigenvalue weighted by atomic mass is 16.2. The van der Waals surface area contributed by atoms with E-state index < -0.39 is 0 Å². The van der Waals surface area contributed by atoms with Crippen molar-refractivity contribution in [3.8, 4) is 0 Å². The first-order valence-corrected chi connectivity index (χ1v) is 9.12. The van der Waals surface area contributed by atoms with Gasteiger partial charge in [-0.05, 0) is 42.7 Å². The number of anilines is 1. The molecular weight excluding hydrogens is 312 g/mol. The van der Waals surface area contributed by atoms with Crippen molar-refractivity contribution < 1.29 is 9.59 Å². The SMILES string of the molecule is C=CCNC(=O)C1CCC(C(=O)Nc2ccccc2C(C)(C)C)CC1. The summed E-state index contributed by atoms with van der Waals surface area (Å²) >= 11 is 0. The molecule has 2 N–H and O–H groups in total. The molecule has 1 aromatic carbocycles. The van der Waals surface area contributed by atoms with Crippen LogP contribution in [0.25, 0.3) is 0 Å². The standard InChI is InChI=1S/C21H30N2O2/c1-5-14-22-19(24)15-10-12-16(13-11-15)20(25)23-18-9-7-6-8-17(18)21(2,3)4/h5-9,15-16H,1,10-14H2,2-4H3,(H,22,24)(H,23,25). The second-order valence-corrected chi connectivity index (χ2v) is 7.87. The summed E-state index contributed by atoms with van der Waals surface area (Å²) in [7, 11) is 0. The molecule has 2 amide bonds. The van der Waals surface area contributed by atoms with Gasteiger partial charge in [0.1, 0.15) is 0 Å². The first kappa shape index (κ1) is 19.2. The summed E-state index contributed by atoms with van der Waals surface area (Å²) in [6.45, 7) is 10.5. The van der Waals surface area contributed by atoms with Crippen LogP contribution >= 0.6 is 0 Å². The van der Waals surface area contributed by atoms with Crippen molar-refractivity contribution in [3.05, 3.63) is 42.5 Å². The first-order valence-electron chi connectivity index (χ1n) is 9.12. The Morgan fingerprint density at radius 3 is 2.20 bits per heavy atom. The van der Waals surface area contributed by atoms with Gasteiger partial charge in [-0.3, -0.25) is 9.59 Å². The zero-order valence-corrected chi connectivity index (χ0v) is 15.6. The van der Waals surface area contributed by atoms with Crippen molar-refractivity contribution >= 4 is 17.5 Å². The smallest absolute Gasteiger partial charge is 0.227 e. The van der Waals surface area contributed by atoms with Crippen LogP contribution in [0.15, 0.2) is 36.9 Å². The summed E-state index contributed by atoms with van der Waals surface area (Å²) in [5, 5.41) is 5.96. The Bertz CT molecular complexity index is 623. The number of hydrogen-bond acceptors (Lipinski definition) is 2. The molecule has 4 nitrogen and oxygen atoms in total. The number of benzene rings is 1. The summed E-state index contributed by atoms with van der Waals surface area (Å²) in [4.78, 5) is 24.7. The van der Waals surface area contributed by atoms with Gasteiger partial charge in [0.2, 0.25) is 11.8 Å². The number of carbonyl (C=O) groups excluding carboxylic acids is 2. The lowest BCUT2D eigenvalue weighted by Gasteiger charge is -2.28. The molecule has 0 spiro atoms. The van der Waals surface area contributed by atoms with Gasteiger partial charge in [-0.25, -0.2) is 0 Å². The molecule has 1 aliphatic carbocycles. The fourth-order valence-corrected chi connectivity index (χ4v) is 3.42. The summed E-state index contributed by atoms with van der Waals surface area (Å²) in [6, 6.07) is 7.98. The van der Waals surface area contributed by atoms with Gasteiger partial charge in [-0.15, -0.1) is 6.58 Å². The van der Waals surface area contributed by atoms with E-state index in [0.717, 1.165) is 36.9 Å². The molecule has 1 fully saturated rings. The van der Waals surface area contributed by atoms with Crippen LogP contribution in [0.2, 0.25) is 0 Å². The summed E-state index contributed by atoms with van der Waals surface area (Å²) in [5.74, 6) is 0.154. The van der Waals surface area contributed by atoms with E-state index in [1.54, 1.807) is 6.08 Å². The van der Waals surface area contributed by atoms with Crippen molar-refractivity contribution in [2.24, 2.45) is 11.8 Å². The molecule has 0 saturated heterocycles. The van der Waals surface area contributed by atoms with Crippen LogP contribution in [0, 0.1) is 11.8 Å². The predicted molar refractivity (Wildman–Crippen MR) is 102 cm³/mol. The molecule has 0 bridgehead atoms. The van der Waals surface area contributed by atoms with Gasteiger partial charge in [0.15, 0.2) is 0 Å². The van der Waals surface area contributed by atoms with Crippen molar-refractivity contribution in [2.45, 2.75) is 51.9 Å². The fraction of sp³-hybridized carbons (Fsp3) is 0.524. The van der Waals surface area contributed by atoms with E-state index in [0.29, 0.717) is 6.54 Å². The van der Waals surface area contributed by atoms with Crippen LogP contribution in [0.1, 0.15) is 52.0 Å². The van der Waals surface area contributed by atoms with Crippen molar-refractivity contribution in [1.82, 2.24) is 5.32 Å². The normalized spacial score (nSPS) is 20.6. The Morgan fingerprint density at radius 1 is 1.08 bits per heavy atom. The number of para-hydroxylation sites is 1. The Labute approximate surface area is 151 Å². The lowest BCUT2D eigenvalue weighted by Crippen LogP contribution is -2.35. The third kappa shape index (κ3) is 5.18. The third-order valence-electron chi connectivity index (χ3n) is 4.88. The van der Waals surface area contributed by atoms with Crippen LogP contribution in [0.3, 0.4) is 0 Å². The topological polar surface area (TPSA) is 58.2 Å². The number of carbonyl (C=O) groups is 2. The van der Waals surface area contributed by atoms with Gasteiger partial charge in [-0.2, -0.15) is 0 Å². The molecule has 0 aliphatic heterocycles. The van der Waals surface area contributed by atoms with Crippen molar-refractivity contribution in [3.63, 3.8) is 0 Å². The monoisotopic (exact) mass is 342 g/mol. The van der Waals surface area contributed by atoms with E-state index in [1.807, 2.05) is 18.2 Å². The van der Waals surface area contributed by atoms with Crippen LogP contribution in [-0.4, -0.2) is 18.4 Å². The molecule has 1 aliphatic rings. The number of amides is 2. The molecule has 136 valence electrons. The molecule has 0 aromatic heterocycles. The Balaban J connectivity index is 1.94. The third-order valence-corrected chi connectivity index (χ3v) is 4.88. The Hall–Kier alpha value is -2.10. The minimum absolute atomic E-state index is 0.0171. The highest BCUT2D eigenvalue weighted by molar-refractivity contribution is 5.93. The largest absolute Gasteiger partial charge is 0.352 e. The van der Waals surface area contributed by atoms with Crippen LogP contribution < -0.4 is 10.6 Å². The predicted octanol–water partition coefficient (Wildman–Crippen LogP) is 4.03. The van der Waals surface area contributed by atoms with Crippen molar-refractivity contribution in [1.29, 1.82) is 0 Å². The first-order chi connectivity index (χ1) is 11.8. The van der Waals surface area contributed by atoms with E-state index in [1.165, 1.54) is 0 Å². The van der Waals surface area contributed by atoms with E-state index in [2.05, 4.69) is 44.1 Å². The van der Waals surface area contributed by atoms with E-state index in [9.17, 15) is 9.59 Å². The minimum Gasteiger partial charge on any atom is -0.352 e. The maximum Gasteiger partial charge on any atom is 0.227 e. The highest BCUT2D eigenvalue weighted by Crippen LogP contribution is 2.32. The molecule has 0 atom stereocenters. The average Bonchev–Trinajstić information content (AvgIpc) is 2.59. The van der Waals surface area contributed by atoms with Crippen LogP contribution in [-0.2, 0) is 15.0 Å². The van der Waals surface area contributed by atoms with Gasteiger partial charge in [0.05, 0.1) is 0 Å². The molecule has 0 heterocycles. The van der Waals surface area contributed by atoms with Gasteiger partial charge in [0, 0.05) is 24.1 Å². The van der Waals surface area contributed by atoms with Crippen LogP contribution in [0.4, 0.5) is 5.69 Å². The van der Waals surface area contributed by atoms with Gasteiger partial charge < -0.3 is 10.6 Å². The Morgan fingerprint density at radius 2 is 1.64 bits per heavy atom. The van der Waals surface area contributed by atoms with Crippen LogP contribution in [0.5, 0.6) is 0 Å². The summed E-state index contributed by atoms with van der Waals surface area (Å²) in [5.41, 5.74) is 2.01. The second-order valence-electron chi connectivity index (χ2n) is 7.87. The molecule has 25 heavy (non-hydrogen) atoms. The molecule has 1 saturated carbocycles. The van der Waals surface area contributed by atoms with E-state index in [-0.39, 0.29) is 29.1 Å². The zero-order valence-electron chi connectivity index (χ0n) is 15.6. The average molecular weight is 342 g/mol. The number of rotatable bonds is 5. The molecule has 1 aromatic rings. The Kier molecular flexibility index (Phi) is 6.40. The van der Waals surface area contributed by atoms with Gasteiger partial charge >= 0.3 is 0 Å². The molecule has 2 rings (SSSR count). The van der Waals surface area contributed by atoms with Crippen molar-refractivity contribution in [2.75, 3.05) is 11.9 Å². The zero-order chi connectivity index (χ0) is 18.4. The minimum atomic E-state index is -0.0230. The number of hydrogen-bond donors (Lipinski definition) is 2. The van der Waals surface area contributed by atoms with E-state index >= 15 is 0 Å². The number of nitrogens with one attached hydrogen (secondary N) is 2. The molecule has 0 unspecified atom stereocenters. The molecular formula is C21H30N2O2. The highest BCUT2D eigenvalue weighted by Gasteiger charge is 2.30. The quantitative estimate of drug-likeness (QED) is 0.794. The van der Waals surface area contributed by atoms with E-state index in [4.69, 9.17) is 0 Å². The molecule has 0 radical (unpaired) electrons. The maximum absolute atomic E-state index is 12.7.